The summed E-state index contributed by atoms with van der Waals surface area (Å²) in [5.74, 6) is 1.04. The molecule has 0 spiro atoms. The lowest BCUT2D eigenvalue weighted by Crippen LogP contribution is -1.99. The molecule has 16 heavy (non-hydrogen) atoms. The van der Waals surface area contributed by atoms with Crippen LogP contribution in [0.5, 0.6) is 0 Å². The maximum Gasteiger partial charge on any atom is 0.0453 e. The van der Waals surface area contributed by atoms with Crippen molar-refractivity contribution >= 4 is 10.9 Å². The van der Waals surface area contributed by atoms with E-state index in [0.717, 1.165) is 5.92 Å². The predicted octanol–water partition coefficient (Wildman–Crippen LogP) is 4.75. The van der Waals surface area contributed by atoms with Gasteiger partial charge < -0.3 is 4.98 Å². The Morgan fingerprint density at radius 1 is 1.00 bits per heavy atom. The summed E-state index contributed by atoms with van der Waals surface area (Å²) in [4.78, 5) is 3.12. The second-order valence-corrected chi connectivity index (χ2v) is 4.81. The Morgan fingerprint density at radius 3 is 2.38 bits per heavy atom. The molecule has 0 unspecified atom stereocenters. The van der Waals surface area contributed by atoms with Crippen LogP contribution in [0.1, 0.15) is 39.0 Å². The summed E-state index contributed by atoms with van der Waals surface area (Å²) in [5.41, 5.74) is 1.21. The Labute approximate surface area is 97.9 Å². The summed E-state index contributed by atoms with van der Waals surface area (Å²) in [5, 5.41) is 1.28. The highest BCUT2D eigenvalue weighted by atomic mass is 14.6. The van der Waals surface area contributed by atoms with Gasteiger partial charge in [-0.25, -0.2) is 0 Å². The van der Waals surface area contributed by atoms with Crippen LogP contribution >= 0.6 is 0 Å². The summed E-state index contributed by atoms with van der Waals surface area (Å²) in [6.07, 6.45) is 9.39. The molecule has 1 aliphatic rings. The van der Waals surface area contributed by atoms with Gasteiger partial charge in [-0.15, -0.1) is 0 Å². The summed E-state index contributed by atoms with van der Waals surface area (Å²) >= 11 is 0. The number of aromatic amines is 1. The van der Waals surface area contributed by atoms with Gasteiger partial charge in [0.2, 0.25) is 0 Å². The minimum atomic E-state index is 1.04. The third kappa shape index (κ3) is 3.13. The highest BCUT2D eigenvalue weighted by Gasteiger charge is 2.05. The van der Waals surface area contributed by atoms with Crippen molar-refractivity contribution in [1.82, 2.24) is 4.98 Å². The molecule has 1 N–H and O–H groups in total. The van der Waals surface area contributed by atoms with Gasteiger partial charge >= 0.3 is 0 Å². The van der Waals surface area contributed by atoms with Gasteiger partial charge in [0.15, 0.2) is 0 Å². The van der Waals surface area contributed by atoms with Crippen molar-refractivity contribution in [3.63, 3.8) is 0 Å². The number of hydrogen-bond acceptors (Lipinski definition) is 0. The fourth-order valence-corrected chi connectivity index (χ4v) is 2.30. The molecule has 0 aliphatic heterocycles. The topological polar surface area (TPSA) is 15.8 Å². The van der Waals surface area contributed by atoms with Crippen LogP contribution < -0.4 is 0 Å². The van der Waals surface area contributed by atoms with Crippen molar-refractivity contribution in [1.29, 1.82) is 0 Å². The zero-order valence-corrected chi connectivity index (χ0v) is 10.1. The number of nitrogens with one attached hydrogen (secondary N) is 1. The second kappa shape index (κ2) is 5.74. The maximum atomic E-state index is 3.12. The number of fused-ring (bicyclic) bond motifs is 1. The highest BCUT2D eigenvalue weighted by molar-refractivity contribution is 5.78. The molecule has 0 bridgehead atoms. The molecule has 1 fully saturated rings. The minimum absolute atomic E-state index is 1.04. The zero-order valence-electron chi connectivity index (χ0n) is 10.1. The first kappa shape index (κ1) is 11.3. The average molecular weight is 215 g/mol. The molecule has 1 aliphatic carbocycles. The van der Waals surface area contributed by atoms with Gasteiger partial charge in [-0.2, -0.15) is 0 Å². The minimum Gasteiger partial charge on any atom is -0.361 e. The van der Waals surface area contributed by atoms with Gasteiger partial charge in [0.05, 0.1) is 0 Å². The van der Waals surface area contributed by atoms with Crippen LogP contribution in [0, 0.1) is 5.92 Å². The number of aromatic nitrogens is 1. The van der Waals surface area contributed by atoms with E-state index in [1.807, 2.05) is 18.3 Å². The Hall–Kier alpha value is -1.24. The molecule has 2 aromatic rings. The molecule has 0 atom stereocenters. The van der Waals surface area contributed by atoms with E-state index in [1.54, 1.807) is 0 Å². The smallest absolute Gasteiger partial charge is 0.0453 e. The SMILES string of the molecule is CC1CCCCC1.c1ccc2[nH]ccc2c1. The molecular formula is C15H21N. The number of hydrogen-bond donors (Lipinski definition) is 1. The largest absolute Gasteiger partial charge is 0.361 e. The molecule has 3 rings (SSSR count). The lowest BCUT2D eigenvalue weighted by atomic mass is 9.91. The van der Waals surface area contributed by atoms with E-state index in [-0.39, 0.29) is 0 Å². The molecule has 86 valence electrons. The monoisotopic (exact) mass is 215 g/mol. The van der Waals surface area contributed by atoms with Crippen molar-refractivity contribution in [3.8, 4) is 0 Å². The van der Waals surface area contributed by atoms with Gasteiger partial charge in [0.1, 0.15) is 0 Å². The Morgan fingerprint density at radius 2 is 1.75 bits per heavy atom. The highest BCUT2D eigenvalue weighted by Crippen LogP contribution is 2.22. The Bertz CT molecular complexity index is 380. The van der Waals surface area contributed by atoms with Gasteiger partial charge in [-0.3, -0.25) is 0 Å². The third-order valence-corrected chi connectivity index (χ3v) is 3.36. The maximum absolute atomic E-state index is 3.12. The lowest BCUT2D eigenvalue weighted by Gasteiger charge is -2.15. The van der Waals surface area contributed by atoms with Gasteiger partial charge in [-0.1, -0.05) is 57.2 Å². The second-order valence-electron chi connectivity index (χ2n) is 4.81. The third-order valence-electron chi connectivity index (χ3n) is 3.36. The summed E-state index contributed by atoms with van der Waals surface area (Å²) < 4.78 is 0. The van der Waals surface area contributed by atoms with Crippen LogP contribution in [0.3, 0.4) is 0 Å². The molecule has 1 saturated carbocycles. The number of H-pyrrole nitrogens is 1. The van der Waals surface area contributed by atoms with Gasteiger partial charge in [-0.05, 0) is 23.4 Å². The van der Waals surface area contributed by atoms with Crippen molar-refractivity contribution in [2.45, 2.75) is 39.0 Å². The summed E-state index contributed by atoms with van der Waals surface area (Å²) in [7, 11) is 0. The van der Waals surface area contributed by atoms with E-state index in [2.05, 4.69) is 30.1 Å². The van der Waals surface area contributed by atoms with E-state index >= 15 is 0 Å². The summed E-state index contributed by atoms with van der Waals surface area (Å²) in [6, 6.07) is 10.3. The fourth-order valence-electron chi connectivity index (χ4n) is 2.30. The molecular weight excluding hydrogens is 194 g/mol. The van der Waals surface area contributed by atoms with E-state index < -0.39 is 0 Å². The van der Waals surface area contributed by atoms with Crippen LogP contribution in [0.25, 0.3) is 10.9 Å². The van der Waals surface area contributed by atoms with Crippen LogP contribution in [-0.2, 0) is 0 Å². The fraction of sp³-hybridized carbons (Fsp3) is 0.467. The quantitative estimate of drug-likeness (QED) is 0.652. The van der Waals surface area contributed by atoms with Crippen molar-refractivity contribution in [3.05, 3.63) is 36.5 Å². The Balaban J connectivity index is 0.000000125. The first-order valence-electron chi connectivity index (χ1n) is 6.38. The van der Waals surface area contributed by atoms with E-state index in [4.69, 9.17) is 0 Å². The molecule has 1 heterocycles. The molecule has 0 amide bonds. The Kier molecular flexibility index (Phi) is 4.03. The van der Waals surface area contributed by atoms with Gasteiger partial charge in [0.25, 0.3) is 0 Å². The number of rotatable bonds is 0. The van der Waals surface area contributed by atoms with E-state index in [1.165, 1.54) is 43.0 Å². The van der Waals surface area contributed by atoms with Crippen LogP contribution in [0.15, 0.2) is 36.5 Å². The predicted molar refractivity (Wildman–Crippen MR) is 70.5 cm³/mol. The summed E-state index contributed by atoms with van der Waals surface area (Å²) in [6.45, 7) is 2.36. The standard InChI is InChI=1S/C8H7N.C7H14/c1-2-4-8-7(3-1)5-6-9-8;1-7-5-3-2-4-6-7/h1-6,9H;7H,2-6H2,1H3. The average Bonchev–Trinajstić information content (AvgIpc) is 2.79. The normalized spacial score (nSPS) is 16.8. The van der Waals surface area contributed by atoms with Crippen molar-refractivity contribution in [2.24, 2.45) is 5.92 Å². The lowest BCUT2D eigenvalue weighted by molar-refractivity contribution is 0.385. The first-order chi connectivity index (χ1) is 7.86. The van der Waals surface area contributed by atoms with E-state index in [9.17, 15) is 0 Å². The van der Waals surface area contributed by atoms with Gasteiger partial charge in [0, 0.05) is 11.7 Å². The van der Waals surface area contributed by atoms with E-state index in [0.29, 0.717) is 0 Å². The number of benzene rings is 1. The molecule has 0 radical (unpaired) electrons. The molecule has 1 nitrogen and oxygen atoms in total. The van der Waals surface area contributed by atoms with Crippen molar-refractivity contribution < 1.29 is 0 Å². The molecule has 1 aromatic carbocycles. The van der Waals surface area contributed by atoms with Crippen molar-refractivity contribution in [2.75, 3.05) is 0 Å². The number of para-hydroxylation sites is 1. The first-order valence-corrected chi connectivity index (χ1v) is 6.38. The molecule has 1 heteroatoms. The van der Waals surface area contributed by atoms with Crippen LogP contribution in [0.2, 0.25) is 0 Å². The van der Waals surface area contributed by atoms with Crippen LogP contribution in [-0.4, -0.2) is 4.98 Å². The zero-order chi connectivity index (χ0) is 11.2. The molecule has 0 saturated heterocycles. The van der Waals surface area contributed by atoms with Crippen LogP contribution in [0.4, 0.5) is 0 Å². The molecule has 1 aromatic heterocycles.